The molecule has 7 heteroatoms. The topological polar surface area (TPSA) is 9.72 Å². The van der Waals surface area contributed by atoms with Gasteiger partial charge in [-0.05, 0) is 127 Å². The van der Waals surface area contributed by atoms with Crippen LogP contribution in [0.4, 0.5) is 51.2 Å². The summed E-state index contributed by atoms with van der Waals surface area (Å²) >= 11 is 1.96. The maximum atomic E-state index is 2.70. The summed E-state index contributed by atoms with van der Waals surface area (Å²) in [5.74, 6) is 1.16. The standard InChI is InChI=1S/C66H56B3N3S/c1-38(2)41-33-43(39(3)4)61(44(34-41)40(5)6)69-49-27-15-19-32-59(49)73-60-37-56-51(35-52(60)69)68-48-26-14-18-31-55(48)72-54-30-17-13-25-47(54)67-50-28-20-24-46-64(50)71(53-29-16-12-23-45(53)66(46,7)8)58-36-57(62(68)65(72)63(58)67)70(56)42-21-10-9-11-22-42/h9-40H,1-8H3. The van der Waals surface area contributed by atoms with Gasteiger partial charge in [-0.25, -0.2) is 0 Å². The highest BCUT2D eigenvalue weighted by Gasteiger charge is 2.54. The fourth-order valence-corrected chi connectivity index (χ4v) is 15.5. The minimum atomic E-state index is -0.187. The van der Waals surface area contributed by atoms with E-state index < -0.39 is 0 Å². The Kier molecular flexibility index (Phi) is 9.22. The van der Waals surface area contributed by atoms with Gasteiger partial charge < -0.3 is 14.7 Å². The van der Waals surface area contributed by atoms with Gasteiger partial charge in [0, 0.05) is 60.7 Å². The minimum absolute atomic E-state index is 0.0190. The second kappa shape index (κ2) is 15.5. The summed E-state index contributed by atoms with van der Waals surface area (Å²) in [5.41, 5.74) is 31.0. The number of para-hydroxylation sites is 5. The van der Waals surface area contributed by atoms with Crippen molar-refractivity contribution in [3.8, 4) is 0 Å². The van der Waals surface area contributed by atoms with Crippen molar-refractivity contribution in [3.05, 3.63) is 204 Å². The molecule has 0 radical (unpaired) electrons. The first-order valence-electron chi connectivity index (χ1n) is 26.7. The third kappa shape index (κ3) is 5.78. The highest BCUT2D eigenvalue weighted by molar-refractivity contribution is 8.00. The van der Waals surface area contributed by atoms with Crippen molar-refractivity contribution in [3.63, 3.8) is 0 Å². The Balaban J connectivity index is 1.08. The van der Waals surface area contributed by atoms with Crippen molar-refractivity contribution >= 4 is 132 Å². The zero-order chi connectivity index (χ0) is 49.3. The second-order valence-corrected chi connectivity index (χ2v) is 24.0. The number of benzene rings is 9. The van der Waals surface area contributed by atoms with E-state index in [0.717, 1.165) is 0 Å². The Morgan fingerprint density at radius 2 is 0.904 bits per heavy atom. The van der Waals surface area contributed by atoms with Crippen LogP contribution < -0.4 is 63.9 Å². The van der Waals surface area contributed by atoms with Crippen LogP contribution in [0.25, 0.3) is 0 Å². The number of nitrogens with zero attached hydrogens (tertiary/aromatic N) is 3. The molecule has 6 aliphatic rings. The van der Waals surface area contributed by atoms with E-state index in [1.807, 2.05) is 11.8 Å². The molecule has 0 fully saturated rings. The predicted molar refractivity (Wildman–Crippen MR) is 316 cm³/mol. The second-order valence-electron chi connectivity index (χ2n) is 22.9. The van der Waals surface area contributed by atoms with Crippen molar-refractivity contribution in [2.24, 2.45) is 0 Å². The minimum Gasteiger partial charge on any atom is -0.312 e. The van der Waals surface area contributed by atoms with Crippen molar-refractivity contribution in [2.45, 2.75) is 88.3 Å². The molecule has 73 heavy (non-hydrogen) atoms. The molecular weight excluding hydrogens is 899 g/mol. The van der Waals surface area contributed by atoms with Gasteiger partial charge >= 0.3 is 0 Å². The molecule has 0 aliphatic carbocycles. The van der Waals surface area contributed by atoms with E-state index in [-0.39, 0.29) is 25.6 Å². The SMILES string of the molecule is CC(C)c1cc(C(C)C)c(B2c3ccccc3Sc3cc4c(cc32)B2c3ccccc3N3c5ccccc5B5c6cccc7c6N(c6ccccc6C7(C)C)c6cc(c2c3c65)N4c2ccccc2)c(C(C)C)c1. The molecule has 15 rings (SSSR count). The molecule has 0 saturated carbocycles. The summed E-state index contributed by atoms with van der Waals surface area (Å²) < 4.78 is 0. The largest absolute Gasteiger partial charge is 0.312 e. The van der Waals surface area contributed by atoms with Gasteiger partial charge in [-0.2, -0.15) is 0 Å². The van der Waals surface area contributed by atoms with Gasteiger partial charge in [0.15, 0.2) is 0 Å². The predicted octanol–water partition coefficient (Wildman–Crippen LogP) is 11.4. The monoisotopic (exact) mass is 955 g/mol. The maximum Gasteiger partial charge on any atom is 0.252 e. The molecule has 0 bridgehead atoms. The van der Waals surface area contributed by atoms with Gasteiger partial charge in [-0.15, -0.1) is 0 Å². The van der Waals surface area contributed by atoms with Crippen molar-refractivity contribution in [2.75, 3.05) is 14.7 Å². The molecule has 6 aliphatic heterocycles. The molecule has 0 unspecified atom stereocenters. The first kappa shape index (κ1) is 43.5. The first-order valence-corrected chi connectivity index (χ1v) is 27.5. The maximum absolute atomic E-state index is 2.70. The molecule has 0 atom stereocenters. The van der Waals surface area contributed by atoms with Crippen LogP contribution in [0.5, 0.6) is 0 Å². The zero-order valence-electron chi connectivity index (χ0n) is 43.0. The van der Waals surface area contributed by atoms with Crippen LogP contribution in [-0.4, -0.2) is 20.1 Å². The Hall–Kier alpha value is -7.08. The van der Waals surface area contributed by atoms with Crippen molar-refractivity contribution in [1.29, 1.82) is 0 Å². The Labute approximate surface area is 436 Å². The van der Waals surface area contributed by atoms with Crippen LogP contribution in [-0.2, 0) is 5.41 Å². The Morgan fingerprint density at radius 3 is 1.58 bits per heavy atom. The quantitative estimate of drug-likeness (QED) is 0.159. The van der Waals surface area contributed by atoms with Crippen molar-refractivity contribution < 1.29 is 0 Å². The van der Waals surface area contributed by atoms with Crippen LogP contribution >= 0.6 is 11.8 Å². The van der Waals surface area contributed by atoms with Gasteiger partial charge in [0.2, 0.25) is 6.71 Å². The van der Waals surface area contributed by atoms with Crippen LogP contribution in [0, 0.1) is 0 Å². The molecule has 0 aromatic heterocycles. The first-order chi connectivity index (χ1) is 35.5. The summed E-state index contributed by atoms with van der Waals surface area (Å²) in [6.07, 6.45) is 0. The van der Waals surface area contributed by atoms with Crippen LogP contribution in [0.1, 0.15) is 101 Å². The number of fused-ring (bicyclic) bond motifs is 14. The molecule has 0 N–H and O–H groups in total. The molecule has 0 saturated heterocycles. The van der Waals surface area contributed by atoms with Gasteiger partial charge in [0.25, 0.3) is 13.4 Å². The van der Waals surface area contributed by atoms with Gasteiger partial charge in [-0.1, -0.05) is 211 Å². The fourth-order valence-electron chi connectivity index (χ4n) is 14.4. The number of rotatable bonds is 5. The third-order valence-corrected chi connectivity index (χ3v) is 18.8. The molecule has 6 heterocycles. The highest BCUT2D eigenvalue weighted by atomic mass is 32.2. The normalized spacial score (nSPS) is 15.4. The molecule has 3 nitrogen and oxygen atoms in total. The molecule has 9 aromatic carbocycles. The van der Waals surface area contributed by atoms with Crippen LogP contribution in [0.15, 0.2) is 186 Å². The Bertz CT molecular complexity index is 3830. The zero-order valence-corrected chi connectivity index (χ0v) is 43.8. The highest BCUT2D eigenvalue weighted by Crippen LogP contribution is 2.56. The van der Waals surface area contributed by atoms with Crippen LogP contribution in [0.2, 0.25) is 0 Å². The number of anilines is 9. The molecule has 350 valence electrons. The van der Waals surface area contributed by atoms with Crippen LogP contribution in [0.3, 0.4) is 0 Å². The summed E-state index contributed by atoms with van der Waals surface area (Å²) in [6.45, 7) is 19.3. The number of hydrogen-bond donors (Lipinski definition) is 0. The Morgan fingerprint density at radius 1 is 0.370 bits per heavy atom. The average Bonchev–Trinajstić information content (AvgIpc) is 3.41. The molecular formula is C66H56B3N3S. The van der Waals surface area contributed by atoms with E-state index in [1.54, 1.807) is 0 Å². The smallest absolute Gasteiger partial charge is 0.252 e. The summed E-state index contributed by atoms with van der Waals surface area (Å²) in [6, 6.07) is 68.6. The lowest BCUT2D eigenvalue weighted by atomic mass is 9.28. The van der Waals surface area contributed by atoms with E-state index in [1.165, 1.54) is 138 Å². The van der Waals surface area contributed by atoms with E-state index in [9.17, 15) is 0 Å². The van der Waals surface area contributed by atoms with Crippen molar-refractivity contribution in [1.82, 2.24) is 0 Å². The van der Waals surface area contributed by atoms with Gasteiger partial charge in [0.1, 0.15) is 0 Å². The molecule has 0 spiro atoms. The lowest BCUT2D eigenvalue weighted by Crippen LogP contribution is -2.69. The van der Waals surface area contributed by atoms with Gasteiger partial charge in [0.05, 0.1) is 5.69 Å². The summed E-state index contributed by atoms with van der Waals surface area (Å²) in [4.78, 5) is 10.7. The fraction of sp³-hybridized carbons (Fsp3) is 0.182. The van der Waals surface area contributed by atoms with E-state index >= 15 is 0 Å². The third-order valence-electron chi connectivity index (χ3n) is 17.6. The van der Waals surface area contributed by atoms with Gasteiger partial charge in [-0.3, -0.25) is 0 Å². The van der Waals surface area contributed by atoms with E-state index in [4.69, 9.17) is 0 Å². The van der Waals surface area contributed by atoms with E-state index in [0.29, 0.717) is 17.8 Å². The van der Waals surface area contributed by atoms with E-state index in [2.05, 4.69) is 246 Å². The lowest BCUT2D eigenvalue weighted by Gasteiger charge is -2.53. The molecule has 9 aromatic rings. The lowest BCUT2D eigenvalue weighted by molar-refractivity contribution is 0.632. The molecule has 0 amide bonds. The number of hydrogen-bond acceptors (Lipinski definition) is 4. The average molecular weight is 956 g/mol. The summed E-state index contributed by atoms with van der Waals surface area (Å²) in [7, 11) is 0. The summed E-state index contributed by atoms with van der Waals surface area (Å²) in [5, 5.41) is 0.